The first kappa shape index (κ1) is 16.3. The minimum absolute atomic E-state index is 0.214. The summed E-state index contributed by atoms with van der Waals surface area (Å²) in [6, 6.07) is 7.46. The first-order chi connectivity index (χ1) is 9.98. The lowest BCUT2D eigenvalue weighted by Crippen LogP contribution is -2.41. The van der Waals surface area contributed by atoms with E-state index in [1.165, 1.54) is 10.7 Å². The molecular formula is C15H25N3O2S. The largest absolute Gasteiger partial charge is 0.366 e. The van der Waals surface area contributed by atoms with Crippen LogP contribution in [0.1, 0.15) is 25.7 Å². The van der Waals surface area contributed by atoms with Gasteiger partial charge in [-0.15, -0.1) is 0 Å². The minimum atomic E-state index is -3.45. The second kappa shape index (κ2) is 6.77. The van der Waals surface area contributed by atoms with Gasteiger partial charge in [-0.25, -0.2) is 12.7 Å². The molecule has 0 aliphatic carbocycles. The van der Waals surface area contributed by atoms with E-state index in [1.807, 2.05) is 12.1 Å². The molecule has 5 nitrogen and oxygen atoms in total. The van der Waals surface area contributed by atoms with Crippen LogP contribution in [0.25, 0.3) is 0 Å². The van der Waals surface area contributed by atoms with Crippen LogP contribution < -0.4 is 10.6 Å². The number of rotatable bonds is 4. The van der Waals surface area contributed by atoms with Crippen molar-refractivity contribution < 1.29 is 8.42 Å². The van der Waals surface area contributed by atoms with Gasteiger partial charge in [-0.1, -0.05) is 25.0 Å². The molecule has 1 aromatic carbocycles. The van der Waals surface area contributed by atoms with Crippen LogP contribution in [0.4, 0.5) is 5.69 Å². The molecule has 1 aliphatic heterocycles. The number of nitrogens with zero attached hydrogens (tertiary/aromatic N) is 2. The van der Waals surface area contributed by atoms with Crippen LogP contribution in [0, 0.1) is 0 Å². The molecule has 0 aromatic heterocycles. The molecule has 0 spiro atoms. The molecule has 6 heteroatoms. The Morgan fingerprint density at radius 2 is 1.95 bits per heavy atom. The molecule has 118 valence electrons. The Morgan fingerprint density at radius 3 is 2.62 bits per heavy atom. The third-order valence-corrected chi connectivity index (χ3v) is 5.94. The maximum atomic E-state index is 12.5. The zero-order valence-electron chi connectivity index (χ0n) is 12.8. The minimum Gasteiger partial charge on any atom is -0.366 e. The summed E-state index contributed by atoms with van der Waals surface area (Å²) in [5.74, 6) is 0. The van der Waals surface area contributed by atoms with Gasteiger partial charge in [-0.3, -0.25) is 0 Å². The van der Waals surface area contributed by atoms with Gasteiger partial charge >= 0.3 is 0 Å². The van der Waals surface area contributed by atoms with Gasteiger partial charge in [0.15, 0.2) is 0 Å². The van der Waals surface area contributed by atoms with E-state index >= 15 is 0 Å². The molecule has 1 heterocycles. The van der Waals surface area contributed by atoms with Crippen LogP contribution in [0.2, 0.25) is 0 Å². The highest BCUT2D eigenvalue weighted by Gasteiger charge is 2.27. The van der Waals surface area contributed by atoms with Crippen molar-refractivity contribution in [1.82, 2.24) is 4.31 Å². The van der Waals surface area contributed by atoms with Crippen molar-refractivity contribution in [2.75, 3.05) is 32.1 Å². The summed E-state index contributed by atoms with van der Waals surface area (Å²) in [5, 5.41) is 0. The van der Waals surface area contributed by atoms with E-state index < -0.39 is 10.0 Å². The Morgan fingerprint density at radius 1 is 1.24 bits per heavy atom. The number of benzene rings is 1. The fraction of sp³-hybridized carbons (Fsp3) is 0.600. The number of nitrogens with two attached hydrogens (primary N) is 1. The summed E-state index contributed by atoms with van der Waals surface area (Å²) in [6.07, 6.45) is 4.43. The molecule has 1 saturated heterocycles. The highest BCUT2D eigenvalue weighted by Crippen LogP contribution is 2.31. The van der Waals surface area contributed by atoms with Crippen LogP contribution >= 0.6 is 0 Å². The van der Waals surface area contributed by atoms with E-state index in [9.17, 15) is 8.42 Å². The molecule has 2 N–H and O–H groups in total. The van der Waals surface area contributed by atoms with Gasteiger partial charge in [0.25, 0.3) is 0 Å². The molecule has 0 radical (unpaired) electrons. The second-order valence-corrected chi connectivity index (χ2v) is 7.81. The molecule has 1 aliphatic rings. The summed E-state index contributed by atoms with van der Waals surface area (Å²) in [4.78, 5) is 2.55. The Balaban J connectivity index is 2.48. The fourth-order valence-electron chi connectivity index (χ4n) is 2.85. The lowest BCUT2D eigenvalue weighted by atomic mass is 10.1. The van der Waals surface area contributed by atoms with Crippen LogP contribution in [-0.4, -0.2) is 45.9 Å². The Kier molecular flexibility index (Phi) is 5.24. The molecule has 1 aromatic rings. The van der Waals surface area contributed by atoms with Gasteiger partial charge in [0.2, 0.25) is 10.0 Å². The summed E-state index contributed by atoms with van der Waals surface area (Å²) >= 11 is 0. The number of anilines is 1. The number of hydrogen-bond acceptors (Lipinski definition) is 4. The zero-order chi connectivity index (χ0) is 15.5. The lowest BCUT2D eigenvalue weighted by molar-refractivity contribution is 0.518. The molecule has 0 saturated carbocycles. The first-order valence-corrected chi connectivity index (χ1v) is 8.90. The van der Waals surface area contributed by atoms with Gasteiger partial charge in [-0.2, -0.15) is 0 Å². The van der Waals surface area contributed by atoms with E-state index in [1.54, 1.807) is 26.2 Å². The van der Waals surface area contributed by atoms with Crippen LogP contribution in [0.3, 0.4) is 0 Å². The van der Waals surface area contributed by atoms with Crippen molar-refractivity contribution in [3.63, 3.8) is 0 Å². The van der Waals surface area contributed by atoms with E-state index in [0.717, 1.165) is 31.5 Å². The SMILES string of the molecule is CN(C)S(=O)(=O)c1ccccc1N1CCCCCC1CN. The molecule has 0 amide bonds. The maximum Gasteiger partial charge on any atom is 0.244 e. The summed E-state index contributed by atoms with van der Waals surface area (Å²) in [7, 11) is -0.321. The van der Waals surface area contributed by atoms with E-state index in [4.69, 9.17) is 5.73 Å². The molecule has 0 bridgehead atoms. The van der Waals surface area contributed by atoms with Gasteiger partial charge in [-0.05, 0) is 25.0 Å². The topological polar surface area (TPSA) is 66.6 Å². The first-order valence-electron chi connectivity index (χ1n) is 7.46. The van der Waals surface area contributed by atoms with Gasteiger partial charge in [0.05, 0.1) is 5.69 Å². The molecule has 1 unspecified atom stereocenters. The molecule has 2 rings (SSSR count). The van der Waals surface area contributed by atoms with Gasteiger partial charge in [0, 0.05) is 33.2 Å². The van der Waals surface area contributed by atoms with Crippen molar-refractivity contribution in [3.8, 4) is 0 Å². The predicted molar refractivity (Wildman–Crippen MR) is 86.0 cm³/mol. The standard InChI is InChI=1S/C15H25N3O2S/c1-17(2)21(19,20)15-10-6-5-9-14(15)18-11-7-3-4-8-13(18)12-16/h5-6,9-10,13H,3-4,7-8,11-12,16H2,1-2H3. The molecular weight excluding hydrogens is 286 g/mol. The van der Waals surface area contributed by atoms with Crippen molar-refractivity contribution in [2.24, 2.45) is 5.73 Å². The Labute approximate surface area is 127 Å². The average molecular weight is 311 g/mol. The monoisotopic (exact) mass is 311 g/mol. The predicted octanol–water partition coefficient (Wildman–Crippen LogP) is 1.64. The molecule has 1 atom stereocenters. The average Bonchev–Trinajstić information content (AvgIpc) is 2.72. The zero-order valence-corrected chi connectivity index (χ0v) is 13.6. The highest BCUT2D eigenvalue weighted by molar-refractivity contribution is 7.89. The van der Waals surface area contributed by atoms with Crippen molar-refractivity contribution in [2.45, 2.75) is 36.6 Å². The molecule has 21 heavy (non-hydrogen) atoms. The summed E-state index contributed by atoms with van der Waals surface area (Å²) in [6.45, 7) is 1.41. The number of hydrogen-bond donors (Lipinski definition) is 1. The smallest absolute Gasteiger partial charge is 0.244 e. The van der Waals surface area contributed by atoms with Crippen molar-refractivity contribution in [1.29, 1.82) is 0 Å². The lowest BCUT2D eigenvalue weighted by Gasteiger charge is -2.33. The fourth-order valence-corrected chi connectivity index (χ4v) is 3.94. The van der Waals surface area contributed by atoms with Gasteiger partial charge < -0.3 is 10.6 Å². The van der Waals surface area contributed by atoms with E-state index in [0.29, 0.717) is 11.4 Å². The number of para-hydroxylation sites is 1. The summed E-state index contributed by atoms with van der Waals surface area (Å²) < 4.78 is 26.4. The van der Waals surface area contributed by atoms with Crippen LogP contribution in [-0.2, 0) is 10.0 Å². The van der Waals surface area contributed by atoms with E-state index in [-0.39, 0.29) is 6.04 Å². The summed E-state index contributed by atoms with van der Waals surface area (Å²) in [5.41, 5.74) is 6.70. The normalized spacial score (nSPS) is 20.6. The maximum absolute atomic E-state index is 12.5. The third-order valence-electron chi connectivity index (χ3n) is 4.08. The Hall–Kier alpha value is -1.11. The third kappa shape index (κ3) is 3.39. The second-order valence-electron chi connectivity index (χ2n) is 5.69. The Bertz CT molecular complexity index is 572. The molecule has 1 fully saturated rings. The van der Waals surface area contributed by atoms with E-state index in [2.05, 4.69) is 4.90 Å². The quantitative estimate of drug-likeness (QED) is 0.918. The van der Waals surface area contributed by atoms with Crippen molar-refractivity contribution >= 4 is 15.7 Å². The van der Waals surface area contributed by atoms with Gasteiger partial charge in [0.1, 0.15) is 4.90 Å². The van der Waals surface area contributed by atoms with Crippen LogP contribution in [0.5, 0.6) is 0 Å². The van der Waals surface area contributed by atoms with Crippen molar-refractivity contribution in [3.05, 3.63) is 24.3 Å². The highest BCUT2D eigenvalue weighted by atomic mass is 32.2. The van der Waals surface area contributed by atoms with Crippen LogP contribution in [0.15, 0.2) is 29.2 Å². The number of sulfonamides is 1.